The third kappa shape index (κ3) is 4.70. The molecular weight excluding hydrogens is 301 g/mol. The molecule has 0 aliphatic carbocycles. The van der Waals surface area contributed by atoms with Crippen molar-refractivity contribution in [1.82, 2.24) is 9.97 Å². The molecule has 0 spiro atoms. The lowest BCUT2D eigenvalue weighted by atomic mass is 10.2. The summed E-state index contributed by atoms with van der Waals surface area (Å²) in [6.45, 7) is 2.92. The fraction of sp³-hybridized carbons (Fsp3) is 0.375. The number of nitrogen functional groups attached to an aromatic ring is 1. The lowest BCUT2D eigenvalue weighted by Gasteiger charge is -2.12. The standard InChI is InChI=1S/C16H20FN3O3/c1-3-4-7-22-14-8-11(5-6-13(14)21-2)10-23-16-19-9-12(17)15(18)20-16/h5-6,8-9H,3-4,7,10H2,1-2H3,(H2,18,19,20). The maximum Gasteiger partial charge on any atom is 0.318 e. The van der Waals surface area contributed by atoms with Crippen molar-refractivity contribution < 1.29 is 18.6 Å². The number of rotatable bonds is 8. The van der Waals surface area contributed by atoms with Crippen molar-refractivity contribution in [1.29, 1.82) is 0 Å². The number of hydrogen-bond donors (Lipinski definition) is 1. The Kier molecular flexibility index (Phi) is 5.96. The SMILES string of the molecule is CCCCOc1cc(COc2ncc(F)c(N)n2)ccc1OC. The molecule has 2 aromatic rings. The van der Waals surface area contributed by atoms with Crippen LogP contribution < -0.4 is 19.9 Å². The third-order valence-electron chi connectivity index (χ3n) is 3.10. The highest BCUT2D eigenvalue weighted by Gasteiger charge is 2.08. The monoisotopic (exact) mass is 321 g/mol. The predicted molar refractivity (Wildman–Crippen MR) is 84.1 cm³/mol. The normalized spacial score (nSPS) is 10.4. The summed E-state index contributed by atoms with van der Waals surface area (Å²) in [7, 11) is 1.59. The van der Waals surface area contributed by atoms with E-state index >= 15 is 0 Å². The van der Waals surface area contributed by atoms with Gasteiger partial charge in [-0.05, 0) is 24.1 Å². The van der Waals surface area contributed by atoms with Crippen molar-refractivity contribution in [3.05, 3.63) is 35.8 Å². The molecule has 7 heteroatoms. The number of ether oxygens (including phenoxy) is 3. The number of anilines is 1. The minimum atomic E-state index is -0.673. The van der Waals surface area contributed by atoms with E-state index in [0.717, 1.165) is 24.6 Å². The van der Waals surface area contributed by atoms with Crippen LogP contribution in [0.15, 0.2) is 24.4 Å². The van der Waals surface area contributed by atoms with E-state index in [1.54, 1.807) is 13.2 Å². The number of nitrogens with two attached hydrogens (primary N) is 1. The van der Waals surface area contributed by atoms with Gasteiger partial charge in [0.25, 0.3) is 0 Å². The van der Waals surface area contributed by atoms with Gasteiger partial charge in [0.15, 0.2) is 23.1 Å². The Morgan fingerprint density at radius 1 is 1.22 bits per heavy atom. The molecule has 1 aromatic heterocycles. The fourth-order valence-corrected chi connectivity index (χ4v) is 1.83. The van der Waals surface area contributed by atoms with E-state index in [1.165, 1.54) is 0 Å². The van der Waals surface area contributed by atoms with Gasteiger partial charge in [-0.25, -0.2) is 9.37 Å². The van der Waals surface area contributed by atoms with Crippen molar-refractivity contribution in [3.63, 3.8) is 0 Å². The molecule has 0 aliphatic rings. The van der Waals surface area contributed by atoms with Crippen molar-refractivity contribution in [2.24, 2.45) is 0 Å². The van der Waals surface area contributed by atoms with E-state index in [1.807, 2.05) is 12.1 Å². The summed E-state index contributed by atoms with van der Waals surface area (Å²) < 4.78 is 29.4. The van der Waals surface area contributed by atoms with Crippen molar-refractivity contribution in [2.75, 3.05) is 19.5 Å². The Morgan fingerprint density at radius 3 is 2.74 bits per heavy atom. The summed E-state index contributed by atoms with van der Waals surface area (Å²) in [5.74, 6) is 0.399. The topological polar surface area (TPSA) is 79.5 Å². The van der Waals surface area contributed by atoms with Gasteiger partial charge in [0.1, 0.15) is 6.61 Å². The molecule has 0 bridgehead atoms. The summed E-state index contributed by atoms with van der Waals surface area (Å²) in [5.41, 5.74) is 6.23. The quantitative estimate of drug-likeness (QED) is 0.753. The van der Waals surface area contributed by atoms with Crippen LogP contribution in [0.5, 0.6) is 17.5 Å². The average Bonchev–Trinajstić information content (AvgIpc) is 2.56. The van der Waals surface area contributed by atoms with Crippen molar-refractivity contribution in [2.45, 2.75) is 26.4 Å². The van der Waals surface area contributed by atoms with Crippen LogP contribution in [0.1, 0.15) is 25.3 Å². The number of aromatic nitrogens is 2. The molecule has 0 amide bonds. The van der Waals surface area contributed by atoms with Gasteiger partial charge in [-0.1, -0.05) is 19.4 Å². The molecule has 0 atom stereocenters. The van der Waals surface area contributed by atoms with E-state index in [2.05, 4.69) is 16.9 Å². The minimum Gasteiger partial charge on any atom is -0.493 e. The van der Waals surface area contributed by atoms with Gasteiger partial charge < -0.3 is 19.9 Å². The molecule has 124 valence electrons. The summed E-state index contributed by atoms with van der Waals surface area (Å²) in [4.78, 5) is 7.44. The molecule has 2 N–H and O–H groups in total. The highest BCUT2D eigenvalue weighted by Crippen LogP contribution is 2.28. The molecule has 23 heavy (non-hydrogen) atoms. The second-order valence-corrected chi connectivity index (χ2v) is 4.86. The largest absolute Gasteiger partial charge is 0.493 e. The van der Waals surface area contributed by atoms with Crippen LogP contribution in [0.25, 0.3) is 0 Å². The third-order valence-corrected chi connectivity index (χ3v) is 3.10. The molecule has 0 saturated carbocycles. The molecule has 0 aliphatic heterocycles. The zero-order chi connectivity index (χ0) is 16.7. The lowest BCUT2D eigenvalue weighted by molar-refractivity contribution is 0.273. The Morgan fingerprint density at radius 2 is 2.04 bits per heavy atom. The number of methoxy groups -OCH3 is 1. The fourth-order valence-electron chi connectivity index (χ4n) is 1.83. The van der Waals surface area contributed by atoms with Crippen molar-refractivity contribution >= 4 is 5.82 Å². The minimum absolute atomic E-state index is 0.0215. The maximum absolute atomic E-state index is 13.0. The highest BCUT2D eigenvalue weighted by atomic mass is 19.1. The molecular formula is C16H20FN3O3. The lowest BCUT2D eigenvalue weighted by Crippen LogP contribution is -2.04. The van der Waals surface area contributed by atoms with Gasteiger partial charge in [-0.3, -0.25) is 0 Å². The zero-order valence-corrected chi connectivity index (χ0v) is 13.2. The maximum atomic E-state index is 13.0. The molecule has 6 nitrogen and oxygen atoms in total. The molecule has 0 saturated heterocycles. The summed E-state index contributed by atoms with van der Waals surface area (Å²) in [5, 5.41) is 0. The number of benzene rings is 1. The van der Waals surface area contributed by atoms with Gasteiger partial charge in [-0.2, -0.15) is 4.98 Å². The predicted octanol–water partition coefficient (Wildman–Crippen LogP) is 2.96. The number of hydrogen-bond acceptors (Lipinski definition) is 6. The molecule has 1 heterocycles. The van der Waals surface area contributed by atoms with E-state index in [0.29, 0.717) is 18.1 Å². The first-order valence-electron chi connectivity index (χ1n) is 7.34. The van der Waals surface area contributed by atoms with Crippen LogP contribution in [-0.4, -0.2) is 23.7 Å². The van der Waals surface area contributed by atoms with Gasteiger partial charge in [0.2, 0.25) is 0 Å². The van der Waals surface area contributed by atoms with Gasteiger partial charge >= 0.3 is 6.01 Å². The Bertz CT molecular complexity index is 652. The van der Waals surface area contributed by atoms with E-state index in [9.17, 15) is 4.39 Å². The van der Waals surface area contributed by atoms with E-state index in [4.69, 9.17) is 19.9 Å². The first-order valence-corrected chi connectivity index (χ1v) is 7.34. The Hall–Kier alpha value is -2.57. The molecule has 0 unspecified atom stereocenters. The molecule has 2 rings (SSSR count). The second-order valence-electron chi connectivity index (χ2n) is 4.86. The highest BCUT2D eigenvalue weighted by molar-refractivity contribution is 5.42. The summed E-state index contributed by atoms with van der Waals surface area (Å²) in [6.07, 6.45) is 2.99. The summed E-state index contributed by atoms with van der Waals surface area (Å²) in [6, 6.07) is 5.51. The van der Waals surface area contributed by atoms with Gasteiger partial charge in [-0.15, -0.1) is 0 Å². The average molecular weight is 321 g/mol. The van der Waals surface area contributed by atoms with Crippen LogP contribution >= 0.6 is 0 Å². The van der Waals surface area contributed by atoms with Gasteiger partial charge in [0.05, 0.1) is 19.9 Å². The van der Waals surface area contributed by atoms with E-state index in [-0.39, 0.29) is 18.4 Å². The number of nitrogens with zero attached hydrogens (tertiary/aromatic N) is 2. The second kappa shape index (κ2) is 8.17. The smallest absolute Gasteiger partial charge is 0.318 e. The zero-order valence-electron chi connectivity index (χ0n) is 13.2. The first-order chi connectivity index (χ1) is 11.1. The Labute approximate surface area is 134 Å². The summed E-state index contributed by atoms with van der Waals surface area (Å²) >= 11 is 0. The van der Waals surface area contributed by atoms with Gasteiger partial charge in [0, 0.05) is 0 Å². The van der Waals surface area contributed by atoms with Crippen LogP contribution in [0, 0.1) is 5.82 Å². The molecule has 0 radical (unpaired) electrons. The van der Waals surface area contributed by atoms with Crippen LogP contribution in [0.3, 0.4) is 0 Å². The molecule has 0 fully saturated rings. The number of halogens is 1. The molecule has 1 aromatic carbocycles. The van der Waals surface area contributed by atoms with Crippen LogP contribution in [0.2, 0.25) is 0 Å². The van der Waals surface area contributed by atoms with Crippen LogP contribution in [0.4, 0.5) is 10.2 Å². The first kappa shape index (κ1) is 16.8. The Balaban J connectivity index is 2.04. The van der Waals surface area contributed by atoms with Crippen LogP contribution in [-0.2, 0) is 6.61 Å². The van der Waals surface area contributed by atoms with E-state index < -0.39 is 5.82 Å². The number of unbranched alkanes of at least 4 members (excludes halogenated alkanes) is 1. The van der Waals surface area contributed by atoms with Crippen molar-refractivity contribution in [3.8, 4) is 17.5 Å².